The topological polar surface area (TPSA) is 55.4 Å². The van der Waals surface area contributed by atoms with Crippen LogP contribution in [0.2, 0.25) is 0 Å². The molecule has 0 fully saturated rings. The van der Waals surface area contributed by atoms with Gasteiger partial charge in [0.25, 0.3) is 0 Å². The normalized spacial score (nSPS) is 11.4. The van der Waals surface area contributed by atoms with Crippen molar-refractivity contribution in [2.75, 3.05) is 30.1 Å². The van der Waals surface area contributed by atoms with Gasteiger partial charge in [-0.25, -0.2) is 8.42 Å². The van der Waals surface area contributed by atoms with E-state index in [1.54, 1.807) is 12.1 Å². The summed E-state index contributed by atoms with van der Waals surface area (Å²) in [5.41, 5.74) is 1.64. The van der Waals surface area contributed by atoms with Crippen LogP contribution in [0.4, 0.5) is 5.69 Å². The van der Waals surface area contributed by atoms with E-state index in [0.717, 1.165) is 12.0 Å². The molecule has 4 nitrogen and oxygen atoms in total. The fourth-order valence-corrected chi connectivity index (χ4v) is 2.47. The summed E-state index contributed by atoms with van der Waals surface area (Å²) in [7, 11) is -1.85. The van der Waals surface area contributed by atoms with Crippen molar-refractivity contribution >= 4 is 27.3 Å². The van der Waals surface area contributed by atoms with E-state index in [0.29, 0.717) is 11.6 Å². The van der Waals surface area contributed by atoms with Crippen molar-refractivity contribution in [1.29, 1.82) is 0 Å². The molecule has 0 heterocycles. The van der Waals surface area contributed by atoms with Crippen molar-refractivity contribution in [2.24, 2.45) is 0 Å². The number of aryl methyl sites for hydroxylation is 1. The van der Waals surface area contributed by atoms with Crippen LogP contribution in [0.25, 0.3) is 0 Å². The molecule has 0 aliphatic rings. The lowest BCUT2D eigenvalue weighted by atomic mass is 10.2. The second kappa shape index (κ2) is 6.83. The molecular weight excluding hydrogens is 262 g/mol. The number of benzene rings is 1. The average molecular weight is 278 g/mol. The Morgan fingerprint density at radius 2 is 1.94 bits per heavy atom. The van der Waals surface area contributed by atoms with E-state index in [2.05, 4.69) is 4.72 Å². The average Bonchev–Trinajstić information content (AvgIpc) is 2.29. The van der Waals surface area contributed by atoms with Crippen molar-refractivity contribution < 1.29 is 13.2 Å². The maximum Gasteiger partial charge on any atom is 0.234 e. The summed E-state index contributed by atoms with van der Waals surface area (Å²) >= 11 is 5.61. The van der Waals surface area contributed by atoms with E-state index >= 15 is 0 Å². The molecule has 96 valence electrons. The van der Waals surface area contributed by atoms with Gasteiger partial charge in [0.15, 0.2) is 0 Å². The zero-order valence-corrected chi connectivity index (χ0v) is 11.2. The van der Waals surface area contributed by atoms with Gasteiger partial charge in [0.05, 0.1) is 12.4 Å². The first-order valence-electron chi connectivity index (χ1n) is 5.22. The fraction of sp³-hybridized carbons (Fsp3) is 0.455. The summed E-state index contributed by atoms with van der Waals surface area (Å²) in [4.78, 5) is 0. The number of anilines is 1. The van der Waals surface area contributed by atoms with Crippen LogP contribution in [0.1, 0.15) is 5.56 Å². The third kappa shape index (κ3) is 5.39. The van der Waals surface area contributed by atoms with Gasteiger partial charge >= 0.3 is 0 Å². The van der Waals surface area contributed by atoms with Crippen LogP contribution in [-0.4, -0.2) is 33.8 Å². The Balaban J connectivity index is 2.62. The highest BCUT2D eigenvalue weighted by Crippen LogP contribution is 2.12. The van der Waals surface area contributed by atoms with Crippen molar-refractivity contribution in [3.05, 3.63) is 29.8 Å². The first-order chi connectivity index (χ1) is 8.07. The van der Waals surface area contributed by atoms with Crippen LogP contribution >= 0.6 is 11.6 Å². The molecule has 0 saturated heterocycles. The molecule has 0 atom stereocenters. The van der Waals surface area contributed by atoms with E-state index in [-0.39, 0.29) is 12.4 Å². The summed E-state index contributed by atoms with van der Waals surface area (Å²) < 4.78 is 30.3. The summed E-state index contributed by atoms with van der Waals surface area (Å²) in [6.07, 6.45) is 0.776. The minimum absolute atomic E-state index is 0.0487. The Kier molecular flexibility index (Phi) is 5.74. The van der Waals surface area contributed by atoms with Gasteiger partial charge in [-0.05, 0) is 24.1 Å². The zero-order valence-electron chi connectivity index (χ0n) is 9.65. The molecule has 0 bridgehead atoms. The highest BCUT2D eigenvalue weighted by molar-refractivity contribution is 7.92. The molecule has 6 heteroatoms. The number of sulfonamides is 1. The summed E-state index contributed by atoms with van der Waals surface area (Å²) in [5, 5.41) is 0. The van der Waals surface area contributed by atoms with Gasteiger partial charge in [-0.3, -0.25) is 4.72 Å². The Morgan fingerprint density at radius 1 is 1.29 bits per heavy atom. The summed E-state index contributed by atoms with van der Waals surface area (Å²) in [6.45, 7) is 0.180. The van der Waals surface area contributed by atoms with Crippen LogP contribution in [0.15, 0.2) is 24.3 Å². The van der Waals surface area contributed by atoms with E-state index in [4.69, 9.17) is 16.3 Å². The Morgan fingerprint density at radius 3 is 2.47 bits per heavy atom. The van der Waals surface area contributed by atoms with Crippen LogP contribution in [0.3, 0.4) is 0 Å². The molecule has 17 heavy (non-hydrogen) atoms. The molecule has 0 unspecified atom stereocenters. The molecule has 0 aromatic heterocycles. The number of rotatable bonds is 7. The SMILES string of the molecule is COCCS(=O)(=O)Nc1ccc(CCCl)cc1. The fourth-order valence-electron chi connectivity index (χ4n) is 1.27. The third-order valence-electron chi connectivity index (χ3n) is 2.17. The largest absolute Gasteiger partial charge is 0.384 e. The molecule has 1 rings (SSSR count). The number of halogens is 1. The molecule has 1 N–H and O–H groups in total. The number of methoxy groups -OCH3 is 1. The molecule has 1 aromatic rings. The molecule has 0 saturated carbocycles. The standard InChI is InChI=1S/C11H16ClNO3S/c1-16-8-9-17(14,15)13-11-4-2-10(3-5-11)6-7-12/h2-5,13H,6-9H2,1H3. The lowest BCUT2D eigenvalue weighted by Gasteiger charge is -2.08. The molecule has 0 amide bonds. The minimum atomic E-state index is -3.32. The van der Waals surface area contributed by atoms with Crippen molar-refractivity contribution in [1.82, 2.24) is 0 Å². The van der Waals surface area contributed by atoms with Gasteiger partial charge in [0, 0.05) is 18.7 Å². The number of ether oxygens (including phenoxy) is 1. The number of alkyl halides is 1. The van der Waals surface area contributed by atoms with Gasteiger partial charge in [-0.2, -0.15) is 0 Å². The molecular formula is C11H16ClNO3S. The second-order valence-corrected chi connectivity index (χ2v) is 5.77. The van der Waals surface area contributed by atoms with E-state index in [1.165, 1.54) is 7.11 Å². The quantitative estimate of drug-likeness (QED) is 0.774. The maximum absolute atomic E-state index is 11.6. The Labute approximate surface area is 107 Å². The second-order valence-electron chi connectivity index (χ2n) is 3.55. The van der Waals surface area contributed by atoms with Crippen LogP contribution in [-0.2, 0) is 21.2 Å². The molecule has 0 spiro atoms. The summed E-state index contributed by atoms with van der Waals surface area (Å²) in [5.74, 6) is 0.506. The molecule has 0 aliphatic carbocycles. The predicted octanol–water partition coefficient (Wildman–Crippen LogP) is 1.86. The molecule has 0 aliphatic heterocycles. The molecule has 0 radical (unpaired) electrons. The smallest absolute Gasteiger partial charge is 0.234 e. The summed E-state index contributed by atoms with van der Waals surface area (Å²) in [6, 6.07) is 7.17. The Hall–Kier alpha value is -0.780. The van der Waals surface area contributed by atoms with E-state index in [1.807, 2.05) is 12.1 Å². The maximum atomic E-state index is 11.6. The first-order valence-corrected chi connectivity index (χ1v) is 7.40. The van der Waals surface area contributed by atoms with E-state index in [9.17, 15) is 8.42 Å². The zero-order chi connectivity index (χ0) is 12.7. The van der Waals surface area contributed by atoms with Gasteiger partial charge in [0.1, 0.15) is 0 Å². The monoisotopic (exact) mass is 277 g/mol. The minimum Gasteiger partial charge on any atom is -0.384 e. The van der Waals surface area contributed by atoms with Gasteiger partial charge in [-0.15, -0.1) is 11.6 Å². The van der Waals surface area contributed by atoms with Crippen molar-refractivity contribution in [3.63, 3.8) is 0 Å². The van der Waals surface area contributed by atoms with Gasteiger partial charge in [0.2, 0.25) is 10.0 Å². The number of hydrogen-bond acceptors (Lipinski definition) is 3. The van der Waals surface area contributed by atoms with E-state index < -0.39 is 10.0 Å². The van der Waals surface area contributed by atoms with Gasteiger partial charge in [-0.1, -0.05) is 12.1 Å². The van der Waals surface area contributed by atoms with Crippen LogP contribution < -0.4 is 4.72 Å². The Bertz CT molecular complexity index is 431. The predicted molar refractivity (Wildman–Crippen MR) is 70.2 cm³/mol. The highest BCUT2D eigenvalue weighted by atomic mass is 35.5. The lowest BCUT2D eigenvalue weighted by molar-refractivity contribution is 0.217. The van der Waals surface area contributed by atoms with Crippen molar-refractivity contribution in [2.45, 2.75) is 6.42 Å². The lowest BCUT2D eigenvalue weighted by Crippen LogP contribution is -2.19. The third-order valence-corrected chi connectivity index (χ3v) is 3.61. The van der Waals surface area contributed by atoms with Gasteiger partial charge < -0.3 is 4.74 Å². The molecule has 1 aromatic carbocycles. The first kappa shape index (κ1) is 14.3. The van der Waals surface area contributed by atoms with Crippen LogP contribution in [0, 0.1) is 0 Å². The van der Waals surface area contributed by atoms with Crippen molar-refractivity contribution in [3.8, 4) is 0 Å². The number of nitrogens with one attached hydrogen (secondary N) is 1. The van der Waals surface area contributed by atoms with Crippen LogP contribution in [0.5, 0.6) is 0 Å². The number of hydrogen-bond donors (Lipinski definition) is 1. The highest BCUT2D eigenvalue weighted by Gasteiger charge is 2.09.